The molecule has 0 aliphatic carbocycles. The number of benzene rings is 1. The van der Waals surface area contributed by atoms with Crippen molar-refractivity contribution in [3.8, 4) is 5.75 Å². The van der Waals surface area contributed by atoms with Crippen LogP contribution < -0.4 is 4.74 Å². The van der Waals surface area contributed by atoms with Gasteiger partial charge in [0.2, 0.25) is 0 Å². The number of hydrogen-bond donors (Lipinski definition) is 1. The predicted molar refractivity (Wildman–Crippen MR) is 79.5 cm³/mol. The van der Waals surface area contributed by atoms with Crippen molar-refractivity contribution in [1.82, 2.24) is 9.78 Å². The fraction of sp³-hybridized carbons (Fsp3) is 0.375. The Bertz CT molecular complexity index is 634. The molecule has 112 valence electrons. The van der Waals surface area contributed by atoms with Gasteiger partial charge in [-0.05, 0) is 31.0 Å². The molecule has 1 unspecified atom stereocenters. The summed E-state index contributed by atoms with van der Waals surface area (Å²) in [6.07, 6.45) is 0.883. The van der Waals surface area contributed by atoms with Crippen molar-refractivity contribution in [3.63, 3.8) is 0 Å². The van der Waals surface area contributed by atoms with Gasteiger partial charge in [0.15, 0.2) is 0 Å². The Kier molecular flexibility index (Phi) is 4.62. The molecule has 0 fully saturated rings. The minimum Gasteiger partial charge on any atom is -0.496 e. The van der Waals surface area contributed by atoms with Crippen LogP contribution in [-0.4, -0.2) is 28.0 Å². The van der Waals surface area contributed by atoms with E-state index in [0.717, 1.165) is 22.7 Å². The number of carboxylic acids is 1. The zero-order valence-electron chi connectivity index (χ0n) is 12.5. The van der Waals surface area contributed by atoms with E-state index < -0.39 is 11.9 Å². The minimum atomic E-state index is -0.806. The molecular formula is C16H20N2O3. The predicted octanol–water partition coefficient (Wildman–Crippen LogP) is 2.22. The number of para-hydroxylation sites is 1. The Morgan fingerprint density at radius 1 is 1.38 bits per heavy atom. The molecule has 1 heterocycles. The van der Waals surface area contributed by atoms with Gasteiger partial charge < -0.3 is 9.84 Å². The van der Waals surface area contributed by atoms with Crippen molar-refractivity contribution < 1.29 is 14.6 Å². The van der Waals surface area contributed by atoms with E-state index >= 15 is 0 Å². The van der Waals surface area contributed by atoms with Gasteiger partial charge in [0.25, 0.3) is 0 Å². The van der Waals surface area contributed by atoms with Crippen LogP contribution in [0.15, 0.2) is 30.3 Å². The van der Waals surface area contributed by atoms with E-state index in [1.165, 1.54) is 0 Å². The Morgan fingerprint density at radius 2 is 2.10 bits per heavy atom. The standard InChI is InChI=1S/C16H20N2O3/c1-11-8-14(18(2)17-11)10-13(16(19)20)9-12-6-4-5-7-15(12)21-3/h4-8,13H,9-10H2,1-3H3,(H,19,20). The number of hydrogen-bond acceptors (Lipinski definition) is 3. The highest BCUT2D eigenvalue weighted by molar-refractivity contribution is 5.71. The lowest BCUT2D eigenvalue weighted by Gasteiger charge is -2.14. The normalized spacial score (nSPS) is 12.1. The molecule has 1 N–H and O–H groups in total. The number of methoxy groups -OCH3 is 1. The van der Waals surface area contributed by atoms with Crippen LogP contribution in [0.1, 0.15) is 17.0 Å². The zero-order chi connectivity index (χ0) is 15.4. The smallest absolute Gasteiger partial charge is 0.307 e. The third-order valence-electron chi connectivity index (χ3n) is 3.56. The first-order valence-electron chi connectivity index (χ1n) is 6.85. The minimum absolute atomic E-state index is 0.434. The maximum Gasteiger partial charge on any atom is 0.307 e. The van der Waals surface area contributed by atoms with Crippen molar-refractivity contribution in [2.45, 2.75) is 19.8 Å². The second kappa shape index (κ2) is 6.43. The Labute approximate surface area is 124 Å². The molecule has 2 rings (SSSR count). The molecule has 0 aliphatic heterocycles. The Hall–Kier alpha value is -2.30. The number of rotatable bonds is 6. The van der Waals surface area contributed by atoms with Crippen molar-refractivity contribution in [1.29, 1.82) is 0 Å². The molecular weight excluding hydrogens is 268 g/mol. The molecule has 0 amide bonds. The average molecular weight is 288 g/mol. The first-order valence-corrected chi connectivity index (χ1v) is 6.85. The lowest BCUT2D eigenvalue weighted by Crippen LogP contribution is -2.20. The molecule has 5 heteroatoms. The average Bonchev–Trinajstić information content (AvgIpc) is 2.76. The first-order chi connectivity index (χ1) is 10.0. The Balaban J connectivity index is 2.20. The SMILES string of the molecule is COc1ccccc1CC(Cc1cc(C)nn1C)C(=O)O. The highest BCUT2D eigenvalue weighted by Crippen LogP contribution is 2.23. The van der Waals surface area contributed by atoms with Gasteiger partial charge in [-0.25, -0.2) is 0 Å². The summed E-state index contributed by atoms with van der Waals surface area (Å²) in [5, 5.41) is 13.7. The third kappa shape index (κ3) is 3.62. The quantitative estimate of drug-likeness (QED) is 0.885. The Morgan fingerprint density at radius 3 is 2.67 bits per heavy atom. The van der Waals surface area contributed by atoms with E-state index in [-0.39, 0.29) is 0 Å². The highest BCUT2D eigenvalue weighted by atomic mass is 16.5. The van der Waals surface area contributed by atoms with E-state index in [0.29, 0.717) is 12.8 Å². The summed E-state index contributed by atoms with van der Waals surface area (Å²) < 4.78 is 7.04. The number of aliphatic carboxylic acids is 1. The first kappa shape index (κ1) is 15.1. The van der Waals surface area contributed by atoms with Gasteiger partial charge in [0.05, 0.1) is 18.7 Å². The monoisotopic (exact) mass is 288 g/mol. The molecule has 1 aromatic heterocycles. The molecule has 0 spiro atoms. The number of carboxylic acid groups (broad SMARTS) is 1. The van der Waals surface area contributed by atoms with Gasteiger partial charge in [-0.1, -0.05) is 18.2 Å². The van der Waals surface area contributed by atoms with E-state index in [4.69, 9.17) is 4.74 Å². The molecule has 0 saturated heterocycles. The number of ether oxygens (including phenoxy) is 1. The molecule has 1 aromatic carbocycles. The fourth-order valence-electron chi connectivity index (χ4n) is 2.49. The molecule has 21 heavy (non-hydrogen) atoms. The number of carbonyl (C=O) groups is 1. The molecule has 0 aliphatic rings. The van der Waals surface area contributed by atoms with Crippen LogP contribution in [0.5, 0.6) is 5.75 Å². The van der Waals surface area contributed by atoms with Gasteiger partial charge in [-0.2, -0.15) is 5.10 Å². The van der Waals surface area contributed by atoms with Crippen molar-refractivity contribution >= 4 is 5.97 Å². The number of aryl methyl sites for hydroxylation is 2. The van der Waals surface area contributed by atoms with E-state index in [1.807, 2.05) is 44.3 Å². The van der Waals surface area contributed by atoms with E-state index in [9.17, 15) is 9.90 Å². The summed E-state index contributed by atoms with van der Waals surface area (Å²) in [7, 11) is 3.43. The van der Waals surface area contributed by atoms with Gasteiger partial charge >= 0.3 is 5.97 Å². The van der Waals surface area contributed by atoms with Gasteiger partial charge in [0, 0.05) is 19.2 Å². The van der Waals surface area contributed by atoms with Crippen LogP contribution in [0.3, 0.4) is 0 Å². The summed E-state index contributed by atoms with van der Waals surface area (Å²) in [5.41, 5.74) is 2.73. The van der Waals surface area contributed by atoms with Gasteiger partial charge in [0.1, 0.15) is 5.75 Å². The fourth-order valence-corrected chi connectivity index (χ4v) is 2.49. The molecule has 5 nitrogen and oxygen atoms in total. The second-order valence-corrected chi connectivity index (χ2v) is 5.16. The highest BCUT2D eigenvalue weighted by Gasteiger charge is 2.22. The summed E-state index contributed by atoms with van der Waals surface area (Å²) >= 11 is 0. The molecule has 0 saturated carbocycles. The maximum atomic E-state index is 11.6. The lowest BCUT2D eigenvalue weighted by molar-refractivity contribution is -0.141. The maximum absolute atomic E-state index is 11.6. The summed E-state index contributed by atoms with van der Waals surface area (Å²) in [6.45, 7) is 1.90. The number of aromatic nitrogens is 2. The zero-order valence-corrected chi connectivity index (χ0v) is 12.5. The molecule has 0 radical (unpaired) electrons. The third-order valence-corrected chi connectivity index (χ3v) is 3.56. The summed E-state index contributed by atoms with van der Waals surface area (Å²) in [6, 6.07) is 9.46. The van der Waals surface area contributed by atoms with Crippen LogP contribution in [-0.2, 0) is 24.7 Å². The molecule has 1 atom stereocenters. The van der Waals surface area contributed by atoms with E-state index in [2.05, 4.69) is 5.10 Å². The van der Waals surface area contributed by atoms with Crippen LogP contribution >= 0.6 is 0 Å². The van der Waals surface area contributed by atoms with Gasteiger partial charge in [-0.15, -0.1) is 0 Å². The van der Waals surface area contributed by atoms with Crippen molar-refractivity contribution in [2.24, 2.45) is 13.0 Å². The van der Waals surface area contributed by atoms with Crippen LogP contribution in [0, 0.1) is 12.8 Å². The van der Waals surface area contributed by atoms with Crippen molar-refractivity contribution in [2.75, 3.05) is 7.11 Å². The summed E-state index contributed by atoms with van der Waals surface area (Å²) in [4.78, 5) is 11.6. The largest absolute Gasteiger partial charge is 0.496 e. The topological polar surface area (TPSA) is 64.4 Å². The van der Waals surface area contributed by atoms with E-state index in [1.54, 1.807) is 11.8 Å². The van der Waals surface area contributed by atoms with Crippen LogP contribution in [0.2, 0.25) is 0 Å². The molecule has 0 bridgehead atoms. The van der Waals surface area contributed by atoms with Crippen LogP contribution in [0.25, 0.3) is 0 Å². The number of nitrogens with zero attached hydrogens (tertiary/aromatic N) is 2. The second-order valence-electron chi connectivity index (χ2n) is 5.16. The van der Waals surface area contributed by atoms with Crippen molar-refractivity contribution in [3.05, 3.63) is 47.3 Å². The van der Waals surface area contributed by atoms with Crippen LogP contribution in [0.4, 0.5) is 0 Å². The summed E-state index contributed by atoms with van der Waals surface area (Å²) in [5.74, 6) is -0.583. The lowest BCUT2D eigenvalue weighted by atomic mass is 9.94. The van der Waals surface area contributed by atoms with Gasteiger partial charge in [-0.3, -0.25) is 9.48 Å². The molecule has 2 aromatic rings.